The molecule has 1 rings (SSSR count). The average molecular weight is 192 g/mol. The van der Waals surface area contributed by atoms with Crippen LogP contribution >= 0.6 is 0 Å². The zero-order chi connectivity index (χ0) is 10.2. The largest absolute Gasteiger partial charge is 0.479 e. The molecular weight excluding hydrogens is 180 g/mol. The van der Waals surface area contributed by atoms with E-state index in [1.807, 2.05) is 0 Å². The Balaban J connectivity index is 2.76. The third-order valence-electron chi connectivity index (χ3n) is 2.10. The number of hydrogen-bond acceptors (Lipinski definition) is 5. The fourth-order valence-corrected chi connectivity index (χ4v) is 1.26. The SMILES string of the molecule is C[C@@H]1O[C@@H](C(=O)O)[C@H](O)[C@H](O)[C@@H]1O. The zero-order valence-corrected chi connectivity index (χ0v) is 6.99. The van der Waals surface area contributed by atoms with Gasteiger partial charge in [0.1, 0.15) is 18.3 Å². The quantitative estimate of drug-likeness (QED) is 0.380. The summed E-state index contributed by atoms with van der Waals surface area (Å²) in [6.45, 7) is 1.43. The Morgan fingerprint density at radius 3 is 2.15 bits per heavy atom. The molecule has 4 N–H and O–H groups in total. The number of rotatable bonds is 1. The highest BCUT2D eigenvalue weighted by Gasteiger charge is 2.44. The molecule has 0 aromatic carbocycles. The van der Waals surface area contributed by atoms with Crippen molar-refractivity contribution in [3.63, 3.8) is 0 Å². The Kier molecular flexibility index (Phi) is 2.87. The first-order valence-corrected chi connectivity index (χ1v) is 3.87. The number of aliphatic hydroxyl groups excluding tert-OH is 3. The number of carbonyl (C=O) groups is 1. The van der Waals surface area contributed by atoms with Gasteiger partial charge in [-0.15, -0.1) is 0 Å². The minimum Gasteiger partial charge on any atom is -0.479 e. The Hall–Kier alpha value is -0.690. The summed E-state index contributed by atoms with van der Waals surface area (Å²) in [6, 6.07) is 0. The minimum atomic E-state index is -1.59. The van der Waals surface area contributed by atoms with Gasteiger partial charge in [-0.25, -0.2) is 4.79 Å². The van der Waals surface area contributed by atoms with E-state index < -0.39 is 36.5 Å². The molecule has 0 spiro atoms. The predicted octanol–water partition coefficient (Wildman–Crippen LogP) is -2.06. The zero-order valence-electron chi connectivity index (χ0n) is 6.99. The van der Waals surface area contributed by atoms with Gasteiger partial charge in [0.2, 0.25) is 0 Å². The molecule has 0 bridgehead atoms. The molecular formula is C7H12O6. The number of aliphatic carboxylic acids is 1. The van der Waals surface area contributed by atoms with E-state index >= 15 is 0 Å². The highest BCUT2D eigenvalue weighted by atomic mass is 16.6. The lowest BCUT2D eigenvalue weighted by Crippen LogP contribution is -2.58. The van der Waals surface area contributed by atoms with Crippen LogP contribution in [0.15, 0.2) is 0 Å². The summed E-state index contributed by atoms with van der Waals surface area (Å²) in [4.78, 5) is 10.5. The van der Waals surface area contributed by atoms with Crippen LogP contribution in [0.1, 0.15) is 6.92 Å². The van der Waals surface area contributed by atoms with Gasteiger partial charge in [0.15, 0.2) is 6.10 Å². The molecule has 1 fully saturated rings. The average Bonchev–Trinajstić information content (AvgIpc) is 2.07. The van der Waals surface area contributed by atoms with Gasteiger partial charge in [-0.1, -0.05) is 0 Å². The van der Waals surface area contributed by atoms with Gasteiger partial charge in [-0.2, -0.15) is 0 Å². The number of carboxylic acid groups (broad SMARTS) is 1. The smallest absolute Gasteiger partial charge is 0.335 e. The topological polar surface area (TPSA) is 107 Å². The molecule has 13 heavy (non-hydrogen) atoms. The molecule has 1 saturated heterocycles. The van der Waals surface area contributed by atoms with Crippen molar-refractivity contribution in [2.75, 3.05) is 0 Å². The first kappa shape index (κ1) is 10.4. The Morgan fingerprint density at radius 2 is 1.69 bits per heavy atom. The second kappa shape index (κ2) is 3.59. The van der Waals surface area contributed by atoms with Crippen LogP contribution in [0.25, 0.3) is 0 Å². The Bertz CT molecular complexity index is 205. The van der Waals surface area contributed by atoms with E-state index in [1.54, 1.807) is 0 Å². The molecule has 0 aliphatic carbocycles. The molecule has 0 saturated carbocycles. The monoisotopic (exact) mass is 192 g/mol. The summed E-state index contributed by atoms with van der Waals surface area (Å²) in [5.41, 5.74) is 0. The summed E-state index contributed by atoms with van der Waals surface area (Å²) >= 11 is 0. The van der Waals surface area contributed by atoms with Gasteiger partial charge in [-0.05, 0) is 6.92 Å². The molecule has 0 radical (unpaired) electrons. The standard InChI is InChI=1S/C7H12O6/c1-2-3(8)4(9)5(10)6(13-2)7(11)12/h2-6,8-10H,1H3,(H,11,12)/t2-,3+,4+,5+,6+/m0/s1. The normalized spacial score (nSPS) is 46.0. The van der Waals surface area contributed by atoms with Gasteiger partial charge >= 0.3 is 5.97 Å². The van der Waals surface area contributed by atoms with Gasteiger partial charge in [0.25, 0.3) is 0 Å². The lowest BCUT2D eigenvalue weighted by molar-refractivity contribution is -0.223. The van der Waals surface area contributed by atoms with Gasteiger partial charge in [0, 0.05) is 0 Å². The van der Waals surface area contributed by atoms with Crippen LogP contribution in [0, 0.1) is 0 Å². The molecule has 1 heterocycles. The summed E-state index contributed by atoms with van der Waals surface area (Å²) < 4.78 is 4.78. The van der Waals surface area contributed by atoms with E-state index in [-0.39, 0.29) is 0 Å². The van der Waals surface area contributed by atoms with Crippen LogP contribution in [0.3, 0.4) is 0 Å². The Labute approximate surface area is 74.4 Å². The molecule has 0 unspecified atom stereocenters. The summed E-state index contributed by atoms with van der Waals surface area (Å²) in [5, 5.41) is 36.1. The summed E-state index contributed by atoms with van der Waals surface area (Å²) in [5.74, 6) is -1.36. The van der Waals surface area contributed by atoms with Crippen LogP contribution in [-0.2, 0) is 9.53 Å². The van der Waals surface area contributed by atoms with Crippen molar-refractivity contribution >= 4 is 5.97 Å². The number of ether oxygens (including phenoxy) is 1. The molecule has 6 heteroatoms. The van der Waals surface area contributed by atoms with Crippen molar-refractivity contribution in [1.29, 1.82) is 0 Å². The minimum absolute atomic E-state index is 0.806. The van der Waals surface area contributed by atoms with Crippen molar-refractivity contribution < 1.29 is 30.0 Å². The van der Waals surface area contributed by atoms with Crippen LogP contribution in [0.2, 0.25) is 0 Å². The molecule has 6 nitrogen and oxygen atoms in total. The van der Waals surface area contributed by atoms with Gasteiger partial charge in [0.05, 0.1) is 6.10 Å². The summed E-state index contributed by atoms with van der Waals surface area (Å²) in [6.07, 6.45) is -6.62. The second-order valence-electron chi connectivity index (χ2n) is 3.07. The third-order valence-corrected chi connectivity index (χ3v) is 2.10. The Morgan fingerprint density at radius 1 is 1.15 bits per heavy atom. The van der Waals surface area contributed by atoms with Crippen molar-refractivity contribution in [3.8, 4) is 0 Å². The lowest BCUT2D eigenvalue weighted by Gasteiger charge is -2.37. The maximum atomic E-state index is 10.5. The van der Waals surface area contributed by atoms with E-state index in [2.05, 4.69) is 0 Å². The van der Waals surface area contributed by atoms with Crippen molar-refractivity contribution in [1.82, 2.24) is 0 Å². The molecule has 0 aromatic rings. The summed E-state index contributed by atoms with van der Waals surface area (Å²) in [7, 11) is 0. The second-order valence-corrected chi connectivity index (χ2v) is 3.07. The van der Waals surface area contributed by atoms with Crippen molar-refractivity contribution in [2.45, 2.75) is 37.4 Å². The van der Waals surface area contributed by atoms with E-state index in [0.29, 0.717) is 0 Å². The number of hydrogen-bond donors (Lipinski definition) is 4. The maximum absolute atomic E-state index is 10.5. The third kappa shape index (κ3) is 1.80. The maximum Gasteiger partial charge on any atom is 0.335 e. The van der Waals surface area contributed by atoms with Gasteiger partial charge in [-0.3, -0.25) is 0 Å². The highest BCUT2D eigenvalue weighted by Crippen LogP contribution is 2.20. The first-order chi connectivity index (χ1) is 5.95. The number of carboxylic acids is 1. The fraction of sp³-hybridized carbons (Fsp3) is 0.857. The van der Waals surface area contributed by atoms with E-state index in [0.717, 1.165) is 0 Å². The molecule has 5 atom stereocenters. The van der Waals surface area contributed by atoms with E-state index in [4.69, 9.17) is 9.84 Å². The predicted molar refractivity (Wildman–Crippen MR) is 40.0 cm³/mol. The fourth-order valence-electron chi connectivity index (χ4n) is 1.26. The van der Waals surface area contributed by atoms with Crippen LogP contribution in [0.5, 0.6) is 0 Å². The molecule has 0 amide bonds. The van der Waals surface area contributed by atoms with Crippen LogP contribution < -0.4 is 0 Å². The molecule has 0 aromatic heterocycles. The van der Waals surface area contributed by atoms with Crippen LogP contribution in [0.4, 0.5) is 0 Å². The van der Waals surface area contributed by atoms with Crippen molar-refractivity contribution in [3.05, 3.63) is 0 Å². The number of aliphatic hydroxyl groups is 3. The lowest BCUT2D eigenvalue weighted by atomic mass is 9.96. The van der Waals surface area contributed by atoms with E-state index in [1.165, 1.54) is 6.92 Å². The molecule has 1 aliphatic rings. The van der Waals surface area contributed by atoms with E-state index in [9.17, 15) is 20.1 Å². The molecule has 76 valence electrons. The highest BCUT2D eigenvalue weighted by molar-refractivity contribution is 5.73. The van der Waals surface area contributed by atoms with Crippen molar-refractivity contribution in [2.24, 2.45) is 0 Å². The van der Waals surface area contributed by atoms with Crippen LogP contribution in [-0.4, -0.2) is 56.9 Å². The first-order valence-electron chi connectivity index (χ1n) is 3.87. The molecule has 1 aliphatic heterocycles. The van der Waals surface area contributed by atoms with Gasteiger partial charge < -0.3 is 25.2 Å².